The Morgan fingerprint density at radius 1 is 1.67 bits per heavy atom. The number of hydrogen-bond acceptors (Lipinski definition) is 3. The van der Waals surface area contributed by atoms with Gasteiger partial charge in [0.2, 0.25) is 5.91 Å². The lowest BCUT2D eigenvalue weighted by Gasteiger charge is -2.32. The maximum absolute atomic E-state index is 11.4. The molecule has 4 heteroatoms. The van der Waals surface area contributed by atoms with E-state index in [2.05, 4.69) is 11.9 Å². The third-order valence-corrected chi connectivity index (χ3v) is 2.91. The lowest BCUT2D eigenvalue weighted by molar-refractivity contribution is -0.129. The van der Waals surface area contributed by atoms with Crippen LogP contribution in [-0.2, 0) is 4.79 Å². The highest BCUT2D eigenvalue weighted by atomic mass is 16.2. The first-order chi connectivity index (χ1) is 7.13. The summed E-state index contributed by atoms with van der Waals surface area (Å²) in [6.45, 7) is 3.00. The molecule has 15 heavy (non-hydrogen) atoms. The Bertz CT molecular complexity index is 259. The number of likely N-dealkylation sites (tertiary alicyclic amines) is 1. The van der Waals surface area contributed by atoms with Gasteiger partial charge in [0.05, 0.1) is 6.07 Å². The van der Waals surface area contributed by atoms with E-state index in [4.69, 9.17) is 5.26 Å². The largest absolute Gasteiger partial charge is 0.345 e. The fourth-order valence-corrected chi connectivity index (χ4v) is 2.11. The zero-order chi connectivity index (χ0) is 11.3. The number of rotatable bonds is 3. The molecule has 0 aliphatic carbocycles. The minimum atomic E-state index is -0.0641. The van der Waals surface area contributed by atoms with Gasteiger partial charge in [0, 0.05) is 20.1 Å². The van der Waals surface area contributed by atoms with Crippen molar-refractivity contribution in [1.82, 2.24) is 9.80 Å². The molecule has 1 fully saturated rings. The van der Waals surface area contributed by atoms with Crippen LogP contribution in [0.4, 0.5) is 0 Å². The van der Waals surface area contributed by atoms with Crippen LogP contribution < -0.4 is 0 Å². The Hall–Kier alpha value is -1.08. The van der Waals surface area contributed by atoms with Crippen LogP contribution in [0.3, 0.4) is 0 Å². The summed E-state index contributed by atoms with van der Waals surface area (Å²) in [4.78, 5) is 15.4. The predicted molar refractivity (Wildman–Crippen MR) is 58.1 cm³/mol. The summed E-state index contributed by atoms with van der Waals surface area (Å²) in [6, 6.07) is 1.89. The van der Waals surface area contributed by atoms with E-state index in [9.17, 15) is 4.79 Å². The molecule has 1 unspecified atom stereocenters. The average molecular weight is 209 g/mol. The molecule has 0 spiro atoms. The van der Waals surface area contributed by atoms with Crippen LogP contribution >= 0.6 is 0 Å². The SMILES string of the molecule is CN1CCCC(CN(C)C(=O)CC#N)C1. The summed E-state index contributed by atoms with van der Waals surface area (Å²) < 4.78 is 0. The average Bonchev–Trinajstić information content (AvgIpc) is 2.18. The molecule has 0 N–H and O–H groups in total. The van der Waals surface area contributed by atoms with Crippen molar-refractivity contribution >= 4 is 5.91 Å². The predicted octanol–water partition coefficient (Wildman–Crippen LogP) is 0.700. The maximum Gasteiger partial charge on any atom is 0.236 e. The number of nitrogens with zero attached hydrogens (tertiary/aromatic N) is 3. The molecule has 84 valence electrons. The Morgan fingerprint density at radius 2 is 2.40 bits per heavy atom. The van der Waals surface area contributed by atoms with Crippen molar-refractivity contribution in [1.29, 1.82) is 5.26 Å². The van der Waals surface area contributed by atoms with Crippen LogP contribution in [0.5, 0.6) is 0 Å². The van der Waals surface area contributed by atoms with E-state index >= 15 is 0 Å². The second kappa shape index (κ2) is 5.72. The van der Waals surface area contributed by atoms with E-state index in [0.717, 1.165) is 19.6 Å². The van der Waals surface area contributed by atoms with Gasteiger partial charge >= 0.3 is 0 Å². The summed E-state index contributed by atoms with van der Waals surface area (Å²) in [6.07, 6.45) is 2.40. The summed E-state index contributed by atoms with van der Waals surface area (Å²) in [5, 5.41) is 8.43. The second-order valence-electron chi connectivity index (χ2n) is 4.38. The molecular formula is C11H19N3O. The third kappa shape index (κ3) is 3.88. The van der Waals surface area contributed by atoms with Crippen molar-refractivity contribution in [3.05, 3.63) is 0 Å². The standard InChI is InChI=1S/C11H19N3O/c1-13-7-3-4-10(8-13)9-14(2)11(15)5-6-12/h10H,3-5,7-9H2,1-2H3. The van der Waals surface area contributed by atoms with Crippen molar-refractivity contribution < 1.29 is 4.79 Å². The van der Waals surface area contributed by atoms with Crippen LogP contribution in [0, 0.1) is 17.2 Å². The van der Waals surface area contributed by atoms with Crippen molar-refractivity contribution in [3.8, 4) is 6.07 Å². The van der Waals surface area contributed by atoms with Crippen LogP contribution in [0.2, 0.25) is 0 Å². The number of piperidine rings is 1. The van der Waals surface area contributed by atoms with Crippen LogP contribution in [0.1, 0.15) is 19.3 Å². The van der Waals surface area contributed by atoms with Crippen molar-refractivity contribution in [3.63, 3.8) is 0 Å². The first kappa shape index (κ1) is 12.0. The van der Waals surface area contributed by atoms with E-state index < -0.39 is 0 Å². The zero-order valence-electron chi connectivity index (χ0n) is 9.57. The van der Waals surface area contributed by atoms with E-state index in [1.165, 1.54) is 12.8 Å². The van der Waals surface area contributed by atoms with Gasteiger partial charge in [-0.25, -0.2) is 0 Å². The normalized spacial score (nSPS) is 22.1. The Labute approximate surface area is 91.5 Å². The van der Waals surface area contributed by atoms with Gasteiger partial charge in [0.25, 0.3) is 0 Å². The highest BCUT2D eigenvalue weighted by Crippen LogP contribution is 2.15. The van der Waals surface area contributed by atoms with Crippen LogP contribution in [0.25, 0.3) is 0 Å². The molecule has 1 aliphatic rings. The zero-order valence-corrected chi connectivity index (χ0v) is 9.57. The maximum atomic E-state index is 11.4. The summed E-state index contributed by atoms with van der Waals surface area (Å²) >= 11 is 0. The molecule has 1 rings (SSSR count). The molecule has 4 nitrogen and oxygen atoms in total. The van der Waals surface area contributed by atoms with Crippen LogP contribution in [0.15, 0.2) is 0 Å². The number of carbonyl (C=O) groups excluding carboxylic acids is 1. The highest BCUT2D eigenvalue weighted by Gasteiger charge is 2.20. The summed E-state index contributed by atoms with van der Waals surface area (Å²) in [5.74, 6) is 0.502. The van der Waals surface area contributed by atoms with Gasteiger partial charge in [-0.2, -0.15) is 5.26 Å². The molecule has 1 atom stereocenters. The quantitative estimate of drug-likeness (QED) is 0.687. The number of carbonyl (C=O) groups is 1. The summed E-state index contributed by atoms with van der Waals surface area (Å²) in [5.41, 5.74) is 0. The van der Waals surface area contributed by atoms with Gasteiger partial charge in [0.15, 0.2) is 0 Å². The highest BCUT2D eigenvalue weighted by molar-refractivity contribution is 5.77. The number of amides is 1. The first-order valence-corrected chi connectivity index (χ1v) is 5.43. The molecule has 1 saturated heterocycles. The Morgan fingerprint density at radius 3 is 3.00 bits per heavy atom. The van der Waals surface area contributed by atoms with Gasteiger partial charge in [0.1, 0.15) is 6.42 Å². The molecule has 1 amide bonds. The molecule has 0 radical (unpaired) electrons. The van der Waals surface area contributed by atoms with E-state index in [-0.39, 0.29) is 12.3 Å². The smallest absolute Gasteiger partial charge is 0.236 e. The van der Waals surface area contributed by atoms with Gasteiger partial charge in [-0.05, 0) is 32.4 Å². The fraction of sp³-hybridized carbons (Fsp3) is 0.818. The van der Waals surface area contributed by atoms with Crippen LogP contribution in [-0.4, -0.2) is 49.4 Å². The number of hydrogen-bond donors (Lipinski definition) is 0. The van der Waals surface area contributed by atoms with Gasteiger partial charge < -0.3 is 9.80 Å². The van der Waals surface area contributed by atoms with E-state index in [1.807, 2.05) is 6.07 Å². The number of nitriles is 1. The lowest BCUT2D eigenvalue weighted by Crippen LogP contribution is -2.39. The Kier molecular flexibility index (Phi) is 4.57. The molecule has 0 saturated carbocycles. The Balaban J connectivity index is 2.34. The molecule has 0 aromatic heterocycles. The molecule has 1 aliphatic heterocycles. The molecule has 0 bridgehead atoms. The van der Waals surface area contributed by atoms with E-state index in [1.54, 1.807) is 11.9 Å². The minimum absolute atomic E-state index is 0.000933. The topological polar surface area (TPSA) is 47.3 Å². The van der Waals surface area contributed by atoms with Gasteiger partial charge in [-0.3, -0.25) is 4.79 Å². The summed E-state index contributed by atoms with van der Waals surface area (Å²) in [7, 11) is 3.90. The third-order valence-electron chi connectivity index (χ3n) is 2.91. The molecular weight excluding hydrogens is 190 g/mol. The van der Waals surface area contributed by atoms with E-state index in [0.29, 0.717) is 5.92 Å². The molecule has 1 heterocycles. The fourth-order valence-electron chi connectivity index (χ4n) is 2.11. The monoisotopic (exact) mass is 209 g/mol. The van der Waals surface area contributed by atoms with Crippen molar-refractivity contribution in [2.75, 3.05) is 33.7 Å². The first-order valence-electron chi connectivity index (χ1n) is 5.43. The van der Waals surface area contributed by atoms with Crippen molar-refractivity contribution in [2.45, 2.75) is 19.3 Å². The molecule has 0 aromatic rings. The minimum Gasteiger partial charge on any atom is -0.345 e. The van der Waals surface area contributed by atoms with Crippen molar-refractivity contribution in [2.24, 2.45) is 5.92 Å². The molecule has 0 aromatic carbocycles. The lowest BCUT2D eigenvalue weighted by atomic mass is 9.98. The van der Waals surface area contributed by atoms with Gasteiger partial charge in [-0.1, -0.05) is 0 Å². The van der Waals surface area contributed by atoms with Gasteiger partial charge in [-0.15, -0.1) is 0 Å². The second-order valence-corrected chi connectivity index (χ2v) is 4.38.